The van der Waals surface area contributed by atoms with Gasteiger partial charge in [0.15, 0.2) is 0 Å². The number of hydrogen-bond donors (Lipinski definition) is 3. The van der Waals surface area contributed by atoms with Crippen LogP contribution >= 0.6 is 0 Å². The van der Waals surface area contributed by atoms with Crippen molar-refractivity contribution < 1.29 is 24.3 Å². The minimum atomic E-state index is -0.792. The number of amides is 2. The van der Waals surface area contributed by atoms with Crippen molar-refractivity contribution in [2.45, 2.75) is 38.1 Å². The number of piperidine rings is 1. The topological polar surface area (TPSA) is 153 Å². The van der Waals surface area contributed by atoms with E-state index < -0.39 is 5.97 Å². The summed E-state index contributed by atoms with van der Waals surface area (Å²) in [6.45, 7) is 1.11. The van der Waals surface area contributed by atoms with Gasteiger partial charge in [-0.1, -0.05) is 23.4 Å². The number of likely N-dealkylation sites (tertiary alicyclic amines) is 1. The Balaban J connectivity index is 1.30. The average molecular weight is 488 g/mol. The van der Waals surface area contributed by atoms with Crippen LogP contribution in [0.5, 0.6) is 5.75 Å². The Morgan fingerprint density at radius 2 is 2.00 bits per heavy atom. The summed E-state index contributed by atoms with van der Waals surface area (Å²) >= 11 is 0. The number of phenols is 1. The van der Waals surface area contributed by atoms with Crippen molar-refractivity contribution >= 4 is 12.0 Å². The highest BCUT2D eigenvalue weighted by atomic mass is 16.5. The molecule has 2 heterocycles. The number of nitriles is 1. The van der Waals surface area contributed by atoms with Gasteiger partial charge in [0.1, 0.15) is 11.8 Å². The van der Waals surface area contributed by atoms with Gasteiger partial charge >= 0.3 is 12.0 Å². The molecule has 1 aliphatic carbocycles. The quantitative estimate of drug-likeness (QED) is 0.490. The highest BCUT2D eigenvalue weighted by Gasteiger charge is 2.30. The van der Waals surface area contributed by atoms with Crippen molar-refractivity contribution in [3.63, 3.8) is 0 Å². The first kappa shape index (κ1) is 23.4. The summed E-state index contributed by atoms with van der Waals surface area (Å²) in [5.41, 5.74) is 3.56. The van der Waals surface area contributed by atoms with Crippen LogP contribution in [-0.4, -0.2) is 50.3 Å². The fourth-order valence-corrected chi connectivity index (χ4v) is 5.05. The number of fused-ring (bicyclic) bond motifs is 1. The normalized spacial score (nSPS) is 17.4. The van der Waals surface area contributed by atoms with Crippen LogP contribution in [0.2, 0.25) is 0 Å². The standard InChI is InChI=1S/C26H25N5O5/c27-14-17-13-16(4-7-22(17)32)25-29-24(30-36-25)20-3-1-2-19-18(20)5-6-21(19)28-26(35)31-10-8-15(9-11-31)12-23(33)34/h1-4,7,13,15,21,32H,5-6,8-12H2,(H,28,35)(H,33,34). The summed E-state index contributed by atoms with van der Waals surface area (Å²) in [5.74, 6) is -0.122. The summed E-state index contributed by atoms with van der Waals surface area (Å²) in [6, 6.07) is 12.0. The Labute approximate surface area is 207 Å². The molecule has 1 saturated heterocycles. The molecule has 10 nitrogen and oxygen atoms in total. The number of hydrogen-bond acceptors (Lipinski definition) is 7. The molecule has 2 aromatic carbocycles. The largest absolute Gasteiger partial charge is 0.507 e. The molecule has 1 atom stereocenters. The van der Waals surface area contributed by atoms with E-state index in [1.54, 1.807) is 11.0 Å². The van der Waals surface area contributed by atoms with Gasteiger partial charge < -0.3 is 25.0 Å². The fraction of sp³-hybridized carbons (Fsp3) is 0.346. The number of aromatic nitrogens is 2. The van der Waals surface area contributed by atoms with Crippen LogP contribution in [0, 0.1) is 17.2 Å². The number of nitrogens with one attached hydrogen (secondary N) is 1. The van der Waals surface area contributed by atoms with Gasteiger partial charge in [0.05, 0.1) is 11.6 Å². The molecule has 1 unspecified atom stereocenters. The first-order chi connectivity index (χ1) is 17.4. The maximum atomic E-state index is 12.9. The smallest absolute Gasteiger partial charge is 0.317 e. The van der Waals surface area contributed by atoms with E-state index in [9.17, 15) is 14.7 Å². The summed E-state index contributed by atoms with van der Waals surface area (Å²) < 4.78 is 5.44. The minimum absolute atomic E-state index is 0.111. The zero-order valence-corrected chi connectivity index (χ0v) is 19.5. The lowest BCUT2D eigenvalue weighted by atomic mass is 9.94. The van der Waals surface area contributed by atoms with Gasteiger partial charge in [-0.3, -0.25) is 4.79 Å². The van der Waals surface area contributed by atoms with Gasteiger partial charge in [-0.2, -0.15) is 10.2 Å². The number of phenolic OH excluding ortho intramolecular Hbond substituents is 1. The second-order valence-electron chi connectivity index (χ2n) is 9.21. The van der Waals surface area contributed by atoms with Crippen LogP contribution < -0.4 is 5.32 Å². The number of carbonyl (C=O) groups is 2. The second-order valence-corrected chi connectivity index (χ2v) is 9.21. The van der Waals surface area contributed by atoms with Gasteiger partial charge in [0, 0.05) is 30.6 Å². The lowest BCUT2D eigenvalue weighted by molar-refractivity contribution is -0.138. The van der Waals surface area contributed by atoms with Crippen LogP contribution in [0.15, 0.2) is 40.9 Å². The van der Waals surface area contributed by atoms with E-state index in [1.165, 1.54) is 12.1 Å². The van der Waals surface area contributed by atoms with E-state index in [4.69, 9.17) is 14.9 Å². The van der Waals surface area contributed by atoms with Gasteiger partial charge in [0.25, 0.3) is 5.89 Å². The van der Waals surface area contributed by atoms with Crippen molar-refractivity contribution in [1.29, 1.82) is 5.26 Å². The van der Waals surface area contributed by atoms with Gasteiger partial charge in [-0.15, -0.1) is 0 Å². The Kier molecular flexibility index (Phi) is 6.29. The molecule has 184 valence electrons. The molecule has 2 aliphatic rings. The first-order valence-corrected chi connectivity index (χ1v) is 11.9. The van der Waals surface area contributed by atoms with Crippen molar-refractivity contribution in [3.05, 3.63) is 53.1 Å². The molecule has 1 fully saturated rings. The molecule has 1 aromatic heterocycles. The minimum Gasteiger partial charge on any atom is -0.507 e. The predicted molar refractivity (Wildman–Crippen MR) is 128 cm³/mol. The number of aromatic hydroxyl groups is 1. The SMILES string of the molecule is N#Cc1cc(-c2nc(-c3cccc4c3CCC4NC(=O)N3CCC(CC(=O)O)CC3)no2)ccc1O. The molecular formula is C26H25N5O5. The molecule has 2 amide bonds. The molecule has 0 bridgehead atoms. The lowest BCUT2D eigenvalue weighted by Gasteiger charge is -2.32. The van der Waals surface area contributed by atoms with Crippen LogP contribution in [0.3, 0.4) is 0 Å². The number of benzene rings is 2. The second kappa shape index (κ2) is 9.70. The van der Waals surface area contributed by atoms with E-state index in [0.717, 1.165) is 29.5 Å². The van der Waals surface area contributed by atoms with Crippen molar-refractivity contribution in [2.75, 3.05) is 13.1 Å². The average Bonchev–Trinajstić information content (AvgIpc) is 3.52. The first-order valence-electron chi connectivity index (χ1n) is 11.9. The molecule has 36 heavy (non-hydrogen) atoms. The lowest BCUT2D eigenvalue weighted by Crippen LogP contribution is -2.45. The zero-order valence-electron chi connectivity index (χ0n) is 19.5. The summed E-state index contributed by atoms with van der Waals surface area (Å²) in [4.78, 5) is 30.1. The summed E-state index contributed by atoms with van der Waals surface area (Å²) in [6.07, 6.45) is 3.04. The highest BCUT2D eigenvalue weighted by molar-refractivity contribution is 5.76. The van der Waals surface area contributed by atoms with Gasteiger partial charge in [-0.05, 0) is 60.9 Å². The number of urea groups is 1. The van der Waals surface area contributed by atoms with Gasteiger partial charge in [0.2, 0.25) is 5.82 Å². The predicted octanol–water partition coefficient (Wildman–Crippen LogP) is 3.86. The highest BCUT2D eigenvalue weighted by Crippen LogP contribution is 2.38. The molecule has 0 spiro atoms. The number of aliphatic carboxylic acids is 1. The molecule has 3 N–H and O–H groups in total. The molecular weight excluding hydrogens is 462 g/mol. The number of carboxylic acids is 1. The molecule has 5 rings (SSSR count). The number of carboxylic acid groups (broad SMARTS) is 1. The third kappa shape index (κ3) is 4.60. The van der Waals surface area contributed by atoms with Crippen molar-refractivity contribution in [2.24, 2.45) is 5.92 Å². The maximum absolute atomic E-state index is 12.9. The van der Waals surface area contributed by atoms with Crippen molar-refractivity contribution in [1.82, 2.24) is 20.4 Å². The Morgan fingerprint density at radius 3 is 2.75 bits per heavy atom. The van der Waals surface area contributed by atoms with E-state index in [0.29, 0.717) is 37.3 Å². The summed E-state index contributed by atoms with van der Waals surface area (Å²) in [5, 5.41) is 35.2. The maximum Gasteiger partial charge on any atom is 0.317 e. The Hall–Kier alpha value is -4.39. The molecule has 0 radical (unpaired) electrons. The third-order valence-electron chi connectivity index (χ3n) is 6.96. The van der Waals surface area contributed by atoms with E-state index in [1.807, 2.05) is 24.3 Å². The summed E-state index contributed by atoms with van der Waals surface area (Å²) in [7, 11) is 0. The number of nitrogens with zero attached hydrogens (tertiary/aromatic N) is 4. The van der Waals surface area contributed by atoms with Gasteiger partial charge in [-0.25, -0.2) is 4.79 Å². The van der Waals surface area contributed by atoms with Crippen molar-refractivity contribution in [3.8, 4) is 34.7 Å². The van der Waals surface area contributed by atoms with Crippen LogP contribution in [-0.2, 0) is 11.2 Å². The monoisotopic (exact) mass is 487 g/mol. The Morgan fingerprint density at radius 1 is 1.19 bits per heavy atom. The molecule has 0 saturated carbocycles. The van der Waals surface area contributed by atoms with E-state index >= 15 is 0 Å². The third-order valence-corrected chi connectivity index (χ3v) is 6.96. The zero-order chi connectivity index (χ0) is 25.2. The van der Waals surface area contributed by atoms with Crippen LogP contribution in [0.1, 0.15) is 48.4 Å². The van der Waals surface area contributed by atoms with Crippen LogP contribution in [0.4, 0.5) is 4.79 Å². The van der Waals surface area contributed by atoms with Crippen LogP contribution in [0.25, 0.3) is 22.8 Å². The molecule has 3 aromatic rings. The fourth-order valence-electron chi connectivity index (χ4n) is 5.05. The van der Waals surface area contributed by atoms with E-state index in [-0.39, 0.29) is 41.6 Å². The van der Waals surface area contributed by atoms with E-state index in [2.05, 4.69) is 15.5 Å². The molecule has 1 aliphatic heterocycles. The number of rotatable bonds is 5. The Bertz CT molecular complexity index is 1350. The molecule has 10 heteroatoms. The number of carbonyl (C=O) groups excluding carboxylic acids is 1.